The minimum Gasteiger partial charge on any atom is -0.160 e. The molecule has 0 heterocycles. The van der Waals surface area contributed by atoms with E-state index in [0.717, 1.165) is 11.5 Å². The fourth-order valence-corrected chi connectivity index (χ4v) is 10.4. The molecule has 0 saturated heterocycles. The van der Waals surface area contributed by atoms with Crippen LogP contribution in [0.5, 0.6) is 0 Å². The Bertz CT molecular complexity index is 1020. The van der Waals surface area contributed by atoms with E-state index in [2.05, 4.69) is 157 Å². The first-order valence-corrected chi connectivity index (χ1v) is 17.8. The quantitative estimate of drug-likeness (QED) is 0.121. The summed E-state index contributed by atoms with van der Waals surface area (Å²) in [5.41, 5.74) is 2.83. The zero-order chi connectivity index (χ0) is 25.4. The second-order valence-corrected chi connectivity index (χ2v) is 14.5. The highest BCUT2D eigenvalue weighted by Gasteiger charge is 2.16. The zero-order valence-electron chi connectivity index (χ0n) is 21.0. The van der Waals surface area contributed by atoms with Crippen molar-refractivity contribution in [2.75, 3.05) is 23.0 Å². The summed E-state index contributed by atoms with van der Waals surface area (Å²) in [4.78, 5) is 2.75. The van der Waals surface area contributed by atoms with Gasteiger partial charge in [0.1, 0.15) is 0 Å². The summed E-state index contributed by atoms with van der Waals surface area (Å²) < 4.78 is 0. The van der Waals surface area contributed by atoms with Gasteiger partial charge >= 0.3 is 0 Å². The van der Waals surface area contributed by atoms with Gasteiger partial charge in [-0.2, -0.15) is 35.3 Å². The Kier molecular flexibility index (Phi) is 13.4. The largest absolute Gasteiger partial charge is 0.160 e. The van der Waals surface area contributed by atoms with Crippen molar-refractivity contribution >= 4 is 58.8 Å². The lowest BCUT2D eigenvalue weighted by molar-refractivity contribution is 1.11. The van der Waals surface area contributed by atoms with Crippen molar-refractivity contribution in [2.24, 2.45) is 0 Å². The van der Waals surface area contributed by atoms with Crippen LogP contribution >= 0.6 is 58.8 Å². The lowest BCUT2D eigenvalue weighted by atomic mass is 10.2. The fraction of sp³-hybridized carbons (Fsp3) is 0.250. The van der Waals surface area contributed by atoms with Crippen LogP contribution in [-0.4, -0.2) is 33.5 Å². The highest BCUT2D eigenvalue weighted by molar-refractivity contribution is 8.06. The summed E-state index contributed by atoms with van der Waals surface area (Å²) in [6.07, 6.45) is 0. The smallest absolute Gasteiger partial charge is 0.0276 e. The van der Waals surface area contributed by atoms with Crippen molar-refractivity contribution in [1.82, 2.24) is 0 Å². The van der Waals surface area contributed by atoms with Crippen LogP contribution in [0.15, 0.2) is 131 Å². The molecule has 0 amide bonds. The Morgan fingerprint density at radius 3 is 1.08 bits per heavy atom. The molecule has 0 aliphatic heterocycles. The Balaban J connectivity index is 1.30. The Labute approximate surface area is 244 Å². The molecule has 0 spiro atoms. The molecule has 0 fully saturated rings. The van der Waals surface area contributed by atoms with Gasteiger partial charge in [-0.15, -0.1) is 23.5 Å². The Hall–Kier alpha value is -1.37. The maximum Gasteiger partial charge on any atom is 0.0276 e. The van der Waals surface area contributed by atoms with Crippen molar-refractivity contribution in [3.63, 3.8) is 0 Å². The summed E-state index contributed by atoms with van der Waals surface area (Å²) in [6.45, 7) is 0. The van der Waals surface area contributed by atoms with Crippen LogP contribution in [0.1, 0.15) is 11.1 Å². The van der Waals surface area contributed by atoms with Crippen LogP contribution in [0.3, 0.4) is 0 Å². The maximum absolute atomic E-state index is 2.25. The molecule has 5 heteroatoms. The number of hydrogen-bond donors (Lipinski definition) is 0. The van der Waals surface area contributed by atoms with Gasteiger partial charge in [0.15, 0.2) is 0 Å². The molecule has 0 aromatic heterocycles. The van der Waals surface area contributed by atoms with Gasteiger partial charge in [-0.3, -0.25) is 0 Å². The maximum atomic E-state index is 2.25. The normalized spacial score (nSPS) is 12.8. The number of hydrogen-bond acceptors (Lipinski definition) is 5. The van der Waals surface area contributed by atoms with Crippen LogP contribution < -0.4 is 0 Å². The van der Waals surface area contributed by atoms with E-state index in [1.165, 1.54) is 43.9 Å². The molecule has 192 valence electrons. The summed E-state index contributed by atoms with van der Waals surface area (Å²) in [5.74, 6) is 6.86. The first kappa shape index (κ1) is 28.6. The first-order valence-electron chi connectivity index (χ1n) is 12.6. The van der Waals surface area contributed by atoms with Gasteiger partial charge in [0.25, 0.3) is 0 Å². The number of rotatable bonds is 16. The summed E-state index contributed by atoms with van der Waals surface area (Å²) in [5, 5.41) is 1.20. The summed E-state index contributed by atoms with van der Waals surface area (Å²) in [7, 11) is 0. The molecule has 0 N–H and O–H groups in total. The average Bonchev–Trinajstić information content (AvgIpc) is 2.95. The van der Waals surface area contributed by atoms with Crippen LogP contribution in [0.4, 0.5) is 0 Å². The molecule has 0 aliphatic rings. The van der Waals surface area contributed by atoms with Crippen molar-refractivity contribution < 1.29 is 0 Å². The Morgan fingerprint density at radius 2 is 0.703 bits per heavy atom. The highest BCUT2D eigenvalue weighted by atomic mass is 32.2. The summed E-state index contributed by atoms with van der Waals surface area (Å²) in [6, 6.07) is 43.5. The van der Waals surface area contributed by atoms with Gasteiger partial charge in [-0.05, 0) is 35.4 Å². The van der Waals surface area contributed by atoms with E-state index < -0.39 is 0 Å². The van der Waals surface area contributed by atoms with Crippen molar-refractivity contribution in [2.45, 2.75) is 31.8 Å². The van der Waals surface area contributed by atoms with Gasteiger partial charge < -0.3 is 0 Å². The molecule has 4 rings (SSSR count). The monoisotopic (exact) mass is 578 g/mol. The molecule has 2 unspecified atom stereocenters. The zero-order valence-corrected chi connectivity index (χ0v) is 25.1. The Morgan fingerprint density at radius 1 is 0.378 bits per heavy atom. The first-order chi connectivity index (χ1) is 18.3. The van der Waals surface area contributed by atoms with E-state index in [1.54, 1.807) is 0 Å². The second-order valence-electron chi connectivity index (χ2n) is 8.64. The van der Waals surface area contributed by atoms with Gasteiger partial charge in [0.2, 0.25) is 0 Å². The van der Waals surface area contributed by atoms with Crippen LogP contribution in [0, 0.1) is 0 Å². The summed E-state index contributed by atoms with van der Waals surface area (Å²) >= 11 is 10.3. The molecule has 37 heavy (non-hydrogen) atoms. The van der Waals surface area contributed by atoms with Crippen LogP contribution in [0.2, 0.25) is 0 Å². The molecule has 0 aliphatic carbocycles. The molecular formula is C32H34S5. The number of thioether (sulfide) groups is 5. The lowest BCUT2D eigenvalue weighted by Gasteiger charge is -2.20. The molecule has 0 bridgehead atoms. The third kappa shape index (κ3) is 11.5. The molecular weight excluding hydrogens is 545 g/mol. The SMILES string of the molecule is c1ccc(CSCC(CSCC(CSCc2ccccc2)Sc2ccccc2)Sc2ccccc2)cc1. The van der Waals surface area contributed by atoms with Crippen LogP contribution in [-0.2, 0) is 11.5 Å². The molecule has 0 nitrogen and oxygen atoms in total. The predicted molar refractivity (Wildman–Crippen MR) is 175 cm³/mol. The van der Waals surface area contributed by atoms with E-state index in [9.17, 15) is 0 Å². The van der Waals surface area contributed by atoms with E-state index >= 15 is 0 Å². The highest BCUT2D eigenvalue weighted by Crippen LogP contribution is 2.33. The van der Waals surface area contributed by atoms with Gasteiger partial charge in [0, 0.05) is 54.8 Å². The van der Waals surface area contributed by atoms with E-state index in [0.29, 0.717) is 10.5 Å². The van der Waals surface area contributed by atoms with Crippen molar-refractivity contribution in [3.05, 3.63) is 132 Å². The minimum absolute atomic E-state index is 0.598. The van der Waals surface area contributed by atoms with Crippen molar-refractivity contribution in [1.29, 1.82) is 0 Å². The topological polar surface area (TPSA) is 0 Å². The third-order valence-corrected chi connectivity index (χ3v) is 12.4. The fourth-order valence-electron chi connectivity index (χ4n) is 3.71. The second kappa shape index (κ2) is 17.3. The lowest BCUT2D eigenvalue weighted by Crippen LogP contribution is -2.15. The van der Waals surface area contributed by atoms with Gasteiger partial charge in [0.05, 0.1) is 0 Å². The van der Waals surface area contributed by atoms with Crippen molar-refractivity contribution in [3.8, 4) is 0 Å². The molecule has 4 aromatic carbocycles. The minimum atomic E-state index is 0.598. The van der Waals surface area contributed by atoms with E-state index in [1.807, 2.05) is 23.5 Å². The number of benzene rings is 4. The third-order valence-electron chi connectivity index (χ3n) is 5.53. The molecule has 0 radical (unpaired) electrons. The standard InChI is InChI=1S/C32H34S5/c1-5-13-27(14-6-1)21-33-23-31(36-29-17-9-3-10-18-29)25-35-26-32(37-30-19-11-4-12-20-30)24-34-22-28-15-7-2-8-16-28/h1-20,31-32H,21-26H2. The predicted octanol–water partition coefficient (Wildman–Crippen LogP) is 9.91. The van der Waals surface area contributed by atoms with Gasteiger partial charge in [-0.25, -0.2) is 0 Å². The molecule has 4 aromatic rings. The molecule has 2 atom stereocenters. The van der Waals surface area contributed by atoms with Crippen LogP contribution in [0.25, 0.3) is 0 Å². The van der Waals surface area contributed by atoms with Gasteiger partial charge in [-0.1, -0.05) is 97.1 Å². The average molecular weight is 579 g/mol. The van der Waals surface area contributed by atoms with E-state index in [4.69, 9.17) is 0 Å². The van der Waals surface area contributed by atoms with E-state index in [-0.39, 0.29) is 0 Å². The molecule has 0 saturated carbocycles.